The Morgan fingerprint density at radius 2 is 1.82 bits per heavy atom. The summed E-state index contributed by atoms with van der Waals surface area (Å²) < 4.78 is 5.50. The third kappa shape index (κ3) is 4.21. The fourth-order valence-electron chi connectivity index (χ4n) is 2.77. The normalized spacial score (nSPS) is 16.2. The molecule has 5 N–H and O–H groups in total. The molecule has 0 atom stereocenters. The van der Waals surface area contributed by atoms with Crippen LogP contribution < -0.4 is 21.5 Å². The third-order valence-electron chi connectivity index (χ3n) is 4.09. The first kappa shape index (κ1) is 16.3. The molecule has 1 aliphatic rings. The van der Waals surface area contributed by atoms with Crippen LogP contribution in [0.15, 0.2) is 24.3 Å². The largest absolute Gasteiger partial charge is 0.493 e. The summed E-state index contributed by atoms with van der Waals surface area (Å²) in [6.45, 7) is 0.760. The second kappa shape index (κ2) is 7.26. The van der Waals surface area contributed by atoms with E-state index in [1.807, 2.05) is 0 Å². The van der Waals surface area contributed by atoms with E-state index < -0.39 is 5.91 Å². The molecule has 1 saturated carbocycles. The highest BCUT2D eigenvalue weighted by Crippen LogP contribution is 2.28. The predicted molar refractivity (Wildman–Crippen MR) is 83.5 cm³/mol. The van der Waals surface area contributed by atoms with E-state index in [4.69, 9.17) is 16.2 Å². The van der Waals surface area contributed by atoms with Gasteiger partial charge < -0.3 is 21.5 Å². The average molecular weight is 305 g/mol. The summed E-state index contributed by atoms with van der Waals surface area (Å²) in [6.07, 6.45) is 4.40. The second-order valence-electron chi connectivity index (χ2n) is 5.73. The molecule has 0 aliphatic heterocycles. The summed E-state index contributed by atoms with van der Waals surface area (Å²) in [6, 6.07) is 6.52. The minimum Gasteiger partial charge on any atom is -0.493 e. The van der Waals surface area contributed by atoms with E-state index in [1.54, 1.807) is 24.3 Å². The van der Waals surface area contributed by atoms with Crippen LogP contribution in [0.1, 0.15) is 42.5 Å². The number of nitrogens with one attached hydrogen (secondary N) is 1. The Hall–Kier alpha value is -2.08. The molecular formula is C16H23N3O3. The number of amides is 2. The van der Waals surface area contributed by atoms with Crippen LogP contribution >= 0.6 is 0 Å². The van der Waals surface area contributed by atoms with E-state index >= 15 is 0 Å². The first-order valence-corrected chi connectivity index (χ1v) is 7.58. The van der Waals surface area contributed by atoms with Gasteiger partial charge in [-0.25, -0.2) is 0 Å². The molecule has 0 aromatic heterocycles. The maximum absolute atomic E-state index is 12.0. The fourth-order valence-corrected chi connectivity index (χ4v) is 2.77. The van der Waals surface area contributed by atoms with Crippen molar-refractivity contribution >= 4 is 11.8 Å². The molecule has 1 aromatic carbocycles. The molecule has 6 heteroatoms. The highest BCUT2D eigenvalue weighted by Gasteiger charge is 2.33. The Morgan fingerprint density at radius 1 is 1.18 bits per heavy atom. The summed E-state index contributed by atoms with van der Waals surface area (Å²) in [5.74, 6) is 0.0860. The van der Waals surface area contributed by atoms with E-state index in [1.165, 1.54) is 0 Å². The van der Waals surface area contributed by atoms with Gasteiger partial charge in [0, 0.05) is 12.1 Å². The van der Waals surface area contributed by atoms with Gasteiger partial charge in [-0.05, 0) is 37.1 Å². The van der Waals surface area contributed by atoms with Crippen LogP contribution in [-0.4, -0.2) is 30.5 Å². The number of nitrogens with two attached hydrogens (primary N) is 2. The van der Waals surface area contributed by atoms with Gasteiger partial charge in [0.2, 0.25) is 11.8 Å². The summed E-state index contributed by atoms with van der Waals surface area (Å²) in [7, 11) is 0. The van der Waals surface area contributed by atoms with Crippen LogP contribution in [0.25, 0.3) is 0 Å². The van der Waals surface area contributed by atoms with Crippen molar-refractivity contribution in [2.45, 2.75) is 37.6 Å². The average Bonchev–Trinajstić information content (AvgIpc) is 2.97. The summed E-state index contributed by atoms with van der Waals surface area (Å²) in [5.41, 5.74) is 11.2. The van der Waals surface area contributed by atoms with Gasteiger partial charge in [-0.3, -0.25) is 9.59 Å². The molecule has 0 spiro atoms. The maximum atomic E-state index is 12.0. The zero-order valence-corrected chi connectivity index (χ0v) is 12.6. The number of carbonyl (C=O) groups excluding carboxylic acids is 2. The minimum absolute atomic E-state index is 0.0406. The lowest BCUT2D eigenvalue weighted by Gasteiger charge is -2.28. The van der Waals surface area contributed by atoms with E-state index in [0.29, 0.717) is 17.9 Å². The molecule has 0 heterocycles. The van der Waals surface area contributed by atoms with Gasteiger partial charge in [-0.2, -0.15) is 0 Å². The summed E-state index contributed by atoms with van der Waals surface area (Å²) in [5, 5.41) is 3.05. The molecule has 2 rings (SSSR count). The van der Waals surface area contributed by atoms with Gasteiger partial charge in [-0.1, -0.05) is 12.8 Å². The smallest absolute Gasteiger partial charge is 0.248 e. The topological polar surface area (TPSA) is 107 Å². The molecule has 120 valence electrons. The fraction of sp³-hybridized carbons (Fsp3) is 0.500. The summed E-state index contributed by atoms with van der Waals surface area (Å²) >= 11 is 0. The number of hydrogen-bond donors (Lipinski definition) is 3. The molecule has 0 radical (unpaired) electrons. The SMILES string of the molecule is NCC1(NC(=O)CCOc2ccc(C(N)=O)cc2)CCCC1. The zero-order chi connectivity index (χ0) is 16.0. The molecule has 1 fully saturated rings. The van der Waals surface area contributed by atoms with Crippen molar-refractivity contribution in [2.24, 2.45) is 11.5 Å². The molecular weight excluding hydrogens is 282 g/mol. The molecule has 2 amide bonds. The molecule has 1 aromatic rings. The van der Waals surface area contributed by atoms with E-state index in [2.05, 4.69) is 5.32 Å². The van der Waals surface area contributed by atoms with Gasteiger partial charge >= 0.3 is 0 Å². The van der Waals surface area contributed by atoms with Crippen molar-refractivity contribution in [3.8, 4) is 5.75 Å². The van der Waals surface area contributed by atoms with Crippen LogP contribution in [0.4, 0.5) is 0 Å². The lowest BCUT2D eigenvalue weighted by atomic mass is 9.98. The third-order valence-corrected chi connectivity index (χ3v) is 4.09. The Bertz CT molecular complexity index is 522. The number of rotatable bonds is 7. The number of ether oxygens (including phenoxy) is 1. The van der Waals surface area contributed by atoms with Crippen LogP contribution in [-0.2, 0) is 4.79 Å². The lowest BCUT2D eigenvalue weighted by molar-refractivity contribution is -0.123. The first-order chi connectivity index (χ1) is 10.5. The number of carbonyl (C=O) groups is 2. The van der Waals surface area contributed by atoms with Gasteiger partial charge in [0.1, 0.15) is 5.75 Å². The van der Waals surface area contributed by atoms with Crippen molar-refractivity contribution in [3.05, 3.63) is 29.8 Å². The van der Waals surface area contributed by atoms with E-state index in [-0.39, 0.29) is 24.5 Å². The van der Waals surface area contributed by atoms with Gasteiger partial charge in [0.15, 0.2) is 0 Å². The molecule has 0 bridgehead atoms. The number of primary amides is 1. The van der Waals surface area contributed by atoms with Gasteiger partial charge in [0.05, 0.1) is 18.6 Å². The molecule has 0 saturated heterocycles. The Labute approximate surface area is 130 Å². The second-order valence-corrected chi connectivity index (χ2v) is 5.73. The van der Waals surface area contributed by atoms with Crippen LogP contribution in [0.5, 0.6) is 5.75 Å². The van der Waals surface area contributed by atoms with Crippen LogP contribution in [0.3, 0.4) is 0 Å². The Morgan fingerprint density at radius 3 is 2.36 bits per heavy atom. The molecule has 6 nitrogen and oxygen atoms in total. The van der Waals surface area contributed by atoms with Gasteiger partial charge in [0.25, 0.3) is 0 Å². The highest BCUT2D eigenvalue weighted by molar-refractivity contribution is 5.92. The van der Waals surface area contributed by atoms with Crippen LogP contribution in [0.2, 0.25) is 0 Å². The minimum atomic E-state index is -0.477. The molecule has 0 unspecified atom stereocenters. The van der Waals surface area contributed by atoms with Crippen molar-refractivity contribution < 1.29 is 14.3 Å². The molecule has 22 heavy (non-hydrogen) atoms. The quantitative estimate of drug-likeness (QED) is 0.696. The summed E-state index contributed by atoms with van der Waals surface area (Å²) in [4.78, 5) is 22.9. The van der Waals surface area contributed by atoms with Crippen molar-refractivity contribution in [3.63, 3.8) is 0 Å². The van der Waals surface area contributed by atoms with Crippen molar-refractivity contribution in [2.75, 3.05) is 13.2 Å². The van der Waals surface area contributed by atoms with E-state index in [0.717, 1.165) is 25.7 Å². The standard InChI is InChI=1S/C16H23N3O3/c17-11-16(8-1-2-9-16)19-14(20)7-10-22-13-5-3-12(4-6-13)15(18)21/h3-6H,1-2,7-11,17H2,(H2,18,21)(H,19,20). The first-order valence-electron chi connectivity index (χ1n) is 7.58. The number of hydrogen-bond acceptors (Lipinski definition) is 4. The highest BCUT2D eigenvalue weighted by atomic mass is 16.5. The predicted octanol–water partition coefficient (Wildman–Crippen LogP) is 0.942. The Kier molecular flexibility index (Phi) is 5.38. The Balaban J connectivity index is 1.76. The van der Waals surface area contributed by atoms with Crippen molar-refractivity contribution in [1.82, 2.24) is 5.32 Å². The van der Waals surface area contributed by atoms with Crippen molar-refractivity contribution in [1.29, 1.82) is 0 Å². The van der Waals surface area contributed by atoms with Crippen LogP contribution in [0, 0.1) is 0 Å². The number of benzene rings is 1. The lowest BCUT2D eigenvalue weighted by Crippen LogP contribution is -2.51. The van der Waals surface area contributed by atoms with Gasteiger partial charge in [-0.15, -0.1) is 0 Å². The monoisotopic (exact) mass is 305 g/mol. The molecule has 1 aliphatic carbocycles. The maximum Gasteiger partial charge on any atom is 0.248 e. The van der Waals surface area contributed by atoms with E-state index in [9.17, 15) is 9.59 Å². The zero-order valence-electron chi connectivity index (χ0n) is 12.6.